The van der Waals surface area contributed by atoms with Gasteiger partial charge in [-0.05, 0) is 37.3 Å². The van der Waals surface area contributed by atoms with Crippen LogP contribution >= 0.6 is 0 Å². The summed E-state index contributed by atoms with van der Waals surface area (Å²) in [5.74, 6) is 0.848. The number of anilines is 1. The summed E-state index contributed by atoms with van der Waals surface area (Å²) in [6, 6.07) is 7.90. The summed E-state index contributed by atoms with van der Waals surface area (Å²) >= 11 is 0. The van der Waals surface area contributed by atoms with Crippen LogP contribution < -0.4 is 5.32 Å². The molecule has 0 aliphatic rings. The highest BCUT2D eigenvalue weighted by Crippen LogP contribution is 2.23. The second-order valence-electron chi connectivity index (χ2n) is 5.99. The van der Waals surface area contributed by atoms with Gasteiger partial charge >= 0.3 is 0 Å². The molecule has 20 heavy (non-hydrogen) atoms. The van der Waals surface area contributed by atoms with Gasteiger partial charge in [-0.1, -0.05) is 26.0 Å². The Hall–Kier alpha value is -1.68. The Morgan fingerprint density at radius 3 is 2.45 bits per heavy atom. The number of benzene rings is 1. The number of nitrogens with zero attached hydrogens (tertiary/aromatic N) is 2. The number of rotatable bonds is 6. The van der Waals surface area contributed by atoms with Crippen LogP contribution in [0.3, 0.4) is 0 Å². The lowest BCUT2D eigenvalue weighted by Gasteiger charge is -2.25. The monoisotopic (exact) mass is 273 g/mol. The van der Waals surface area contributed by atoms with Gasteiger partial charge in [0.25, 0.3) is 0 Å². The van der Waals surface area contributed by atoms with E-state index in [0.717, 1.165) is 41.9 Å². The minimum Gasteiger partial charge on any atom is -0.396 e. The van der Waals surface area contributed by atoms with Gasteiger partial charge in [0.2, 0.25) is 0 Å². The van der Waals surface area contributed by atoms with Crippen LogP contribution in [-0.4, -0.2) is 28.2 Å². The number of fused-ring (bicyclic) bond motifs is 1. The maximum absolute atomic E-state index is 8.93. The van der Waals surface area contributed by atoms with Gasteiger partial charge in [-0.15, -0.1) is 0 Å². The minimum atomic E-state index is 0.127. The number of aromatic nitrogens is 2. The van der Waals surface area contributed by atoms with Crippen molar-refractivity contribution in [3.05, 3.63) is 30.0 Å². The molecular weight excluding hydrogens is 250 g/mol. The zero-order chi connectivity index (χ0) is 14.6. The number of aliphatic hydroxyl groups excluding tert-OH is 1. The van der Waals surface area contributed by atoms with Crippen molar-refractivity contribution in [2.45, 2.75) is 33.6 Å². The van der Waals surface area contributed by atoms with Gasteiger partial charge in [-0.2, -0.15) is 0 Å². The molecule has 1 heterocycles. The van der Waals surface area contributed by atoms with E-state index in [0.29, 0.717) is 0 Å². The molecule has 2 N–H and O–H groups in total. The van der Waals surface area contributed by atoms with E-state index in [2.05, 4.69) is 29.1 Å². The fourth-order valence-electron chi connectivity index (χ4n) is 2.22. The number of hydrogen-bond acceptors (Lipinski definition) is 4. The molecule has 0 spiro atoms. The summed E-state index contributed by atoms with van der Waals surface area (Å²) in [5, 5.41) is 12.3. The van der Waals surface area contributed by atoms with Crippen molar-refractivity contribution in [2.75, 3.05) is 18.5 Å². The van der Waals surface area contributed by atoms with Crippen LogP contribution in [0.2, 0.25) is 0 Å². The first-order valence-electron chi connectivity index (χ1n) is 7.10. The third-order valence-electron chi connectivity index (χ3n) is 3.49. The van der Waals surface area contributed by atoms with E-state index in [-0.39, 0.29) is 12.0 Å². The predicted octanol–water partition coefficient (Wildman–Crippen LogP) is 3.15. The zero-order valence-corrected chi connectivity index (χ0v) is 12.5. The molecule has 0 aliphatic carbocycles. The second-order valence-corrected chi connectivity index (χ2v) is 5.99. The molecule has 1 aromatic heterocycles. The highest BCUT2D eigenvalue weighted by molar-refractivity contribution is 5.76. The number of para-hydroxylation sites is 2. The van der Waals surface area contributed by atoms with Crippen LogP contribution in [0.5, 0.6) is 0 Å². The average Bonchev–Trinajstić information content (AvgIpc) is 2.43. The Bertz CT molecular complexity index is 581. The Morgan fingerprint density at radius 2 is 1.80 bits per heavy atom. The van der Waals surface area contributed by atoms with Crippen LogP contribution in [0.15, 0.2) is 24.3 Å². The molecular formula is C16H23N3O. The largest absolute Gasteiger partial charge is 0.396 e. The fourth-order valence-corrected chi connectivity index (χ4v) is 2.22. The standard InChI is InChI=1S/C16H23N3O/c1-12-15(17-11-16(2,3)9-6-10-20)19-14-8-5-4-7-13(14)18-12/h4-5,7-8,20H,6,9-11H2,1-3H3,(H,17,19). The molecule has 0 fully saturated rings. The molecule has 108 valence electrons. The summed E-state index contributed by atoms with van der Waals surface area (Å²) in [7, 11) is 0. The molecule has 0 radical (unpaired) electrons. The van der Waals surface area contributed by atoms with E-state index >= 15 is 0 Å². The zero-order valence-electron chi connectivity index (χ0n) is 12.5. The van der Waals surface area contributed by atoms with Crippen molar-refractivity contribution in [1.82, 2.24) is 9.97 Å². The number of aryl methyl sites for hydroxylation is 1. The molecule has 0 saturated heterocycles. The van der Waals surface area contributed by atoms with Crippen molar-refractivity contribution >= 4 is 16.9 Å². The lowest BCUT2D eigenvalue weighted by molar-refractivity contribution is 0.248. The predicted molar refractivity (Wildman–Crippen MR) is 82.9 cm³/mol. The molecule has 4 nitrogen and oxygen atoms in total. The Labute approximate surface area is 120 Å². The van der Waals surface area contributed by atoms with Gasteiger partial charge in [0.05, 0.1) is 16.7 Å². The summed E-state index contributed by atoms with van der Waals surface area (Å²) in [5.41, 5.74) is 2.88. The molecule has 0 aliphatic heterocycles. The van der Waals surface area contributed by atoms with Gasteiger partial charge in [-0.25, -0.2) is 9.97 Å². The Balaban J connectivity index is 2.11. The van der Waals surface area contributed by atoms with Gasteiger partial charge in [0.15, 0.2) is 0 Å². The van der Waals surface area contributed by atoms with Crippen molar-refractivity contribution in [2.24, 2.45) is 5.41 Å². The van der Waals surface area contributed by atoms with E-state index in [1.165, 1.54) is 0 Å². The maximum Gasteiger partial charge on any atom is 0.148 e. The first-order valence-corrected chi connectivity index (χ1v) is 7.10. The third kappa shape index (κ3) is 3.67. The van der Waals surface area contributed by atoms with Crippen LogP contribution in [0.25, 0.3) is 11.0 Å². The summed E-state index contributed by atoms with van der Waals surface area (Å²) in [6.07, 6.45) is 1.81. The van der Waals surface area contributed by atoms with Crippen molar-refractivity contribution in [3.8, 4) is 0 Å². The van der Waals surface area contributed by atoms with E-state index in [4.69, 9.17) is 5.11 Å². The normalized spacial score (nSPS) is 11.8. The lowest BCUT2D eigenvalue weighted by Crippen LogP contribution is -2.24. The maximum atomic E-state index is 8.93. The summed E-state index contributed by atoms with van der Waals surface area (Å²) in [4.78, 5) is 9.21. The van der Waals surface area contributed by atoms with Crippen LogP contribution in [0.4, 0.5) is 5.82 Å². The molecule has 0 saturated carbocycles. The Morgan fingerprint density at radius 1 is 1.15 bits per heavy atom. The highest BCUT2D eigenvalue weighted by atomic mass is 16.2. The summed E-state index contributed by atoms with van der Waals surface area (Å²) < 4.78 is 0. The minimum absolute atomic E-state index is 0.127. The van der Waals surface area contributed by atoms with Gasteiger partial charge in [0, 0.05) is 13.2 Å². The SMILES string of the molecule is Cc1nc2ccccc2nc1NCC(C)(C)CCCO. The molecule has 0 bridgehead atoms. The van der Waals surface area contributed by atoms with E-state index in [1.807, 2.05) is 31.2 Å². The van der Waals surface area contributed by atoms with Gasteiger partial charge < -0.3 is 10.4 Å². The van der Waals surface area contributed by atoms with Gasteiger partial charge in [-0.3, -0.25) is 0 Å². The molecule has 4 heteroatoms. The highest BCUT2D eigenvalue weighted by Gasteiger charge is 2.18. The molecule has 2 rings (SSSR count). The van der Waals surface area contributed by atoms with Crippen LogP contribution in [0.1, 0.15) is 32.4 Å². The van der Waals surface area contributed by atoms with Gasteiger partial charge in [0.1, 0.15) is 5.82 Å². The smallest absolute Gasteiger partial charge is 0.148 e. The number of hydrogen-bond donors (Lipinski definition) is 2. The number of aliphatic hydroxyl groups is 1. The van der Waals surface area contributed by atoms with Crippen LogP contribution in [0, 0.1) is 12.3 Å². The topological polar surface area (TPSA) is 58.0 Å². The van der Waals surface area contributed by atoms with E-state index < -0.39 is 0 Å². The van der Waals surface area contributed by atoms with Crippen molar-refractivity contribution in [1.29, 1.82) is 0 Å². The molecule has 0 amide bonds. The molecule has 2 aromatic rings. The molecule has 0 unspecified atom stereocenters. The second kappa shape index (κ2) is 6.18. The quantitative estimate of drug-likeness (QED) is 0.849. The fraction of sp³-hybridized carbons (Fsp3) is 0.500. The summed E-state index contributed by atoms with van der Waals surface area (Å²) in [6.45, 7) is 7.43. The van der Waals surface area contributed by atoms with E-state index in [9.17, 15) is 0 Å². The molecule has 1 aromatic carbocycles. The first kappa shape index (κ1) is 14.7. The van der Waals surface area contributed by atoms with Crippen molar-refractivity contribution < 1.29 is 5.11 Å². The van der Waals surface area contributed by atoms with E-state index in [1.54, 1.807) is 0 Å². The number of nitrogens with one attached hydrogen (secondary N) is 1. The first-order chi connectivity index (χ1) is 9.52. The average molecular weight is 273 g/mol. The van der Waals surface area contributed by atoms with Crippen molar-refractivity contribution in [3.63, 3.8) is 0 Å². The van der Waals surface area contributed by atoms with Crippen LogP contribution in [-0.2, 0) is 0 Å². The third-order valence-corrected chi connectivity index (χ3v) is 3.49. The Kier molecular flexibility index (Phi) is 4.55. The lowest BCUT2D eigenvalue weighted by atomic mass is 9.88. The molecule has 0 atom stereocenters.